The fourth-order valence-corrected chi connectivity index (χ4v) is 5.46. The first-order valence-corrected chi connectivity index (χ1v) is 13.0. The van der Waals surface area contributed by atoms with Gasteiger partial charge in [0.05, 0.1) is 17.7 Å². The number of piperidine rings is 1. The molecule has 2 aromatic carbocycles. The normalized spacial score (nSPS) is 14.5. The molecule has 184 valence electrons. The first-order chi connectivity index (χ1) is 16.2. The number of hydrogen-bond acceptors (Lipinski definition) is 5. The molecule has 0 spiro atoms. The number of methoxy groups -OCH3 is 1. The largest absolute Gasteiger partial charge is 0.495 e. The van der Waals surface area contributed by atoms with Crippen LogP contribution >= 0.6 is 0 Å². The van der Waals surface area contributed by atoms with E-state index in [-0.39, 0.29) is 22.6 Å². The number of anilines is 1. The molecule has 3 rings (SSSR count). The average Bonchev–Trinajstić information content (AvgIpc) is 2.88. The summed E-state index contributed by atoms with van der Waals surface area (Å²) in [4.78, 5) is 29.2. The van der Waals surface area contributed by atoms with Gasteiger partial charge in [0.1, 0.15) is 5.75 Å². The summed E-state index contributed by atoms with van der Waals surface area (Å²) < 4.78 is 32.7. The lowest BCUT2D eigenvalue weighted by Crippen LogP contribution is -2.44. The quantitative estimate of drug-likeness (QED) is 0.571. The zero-order valence-corrected chi connectivity index (χ0v) is 21.0. The molecule has 0 atom stereocenters. The van der Waals surface area contributed by atoms with Crippen LogP contribution in [0.3, 0.4) is 0 Å². The highest BCUT2D eigenvalue weighted by Crippen LogP contribution is 2.31. The van der Waals surface area contributed by atoms with E-state index in [2.05, 4.69) is 0 Å². The molecular formula is C25H33N3O5S. The van der Waals surface area contributed by atoms with Gasteiger partial charge in [0.2, 0.25) is 5.91 Å². The molecule has 34 heavy (non-hydrogen) atoms. The molecular weight excluding hydrogens is 454 g/mol. The summed E-state index contributed by atoms with van der Waals surface area (Å²) in [5, 5.41) is 0. The minimum absolute atomic E-state index is 0.0537. The van der Waals surface area contributed by atoms with E-state index in [1.807, 2.05) is 18.7 Å². The van der Waals surface area contributed by atoms with E-state index in [1.54, 1.807) is 41.3 Å². The van der Waals surface area contributed by atoms with Crippen molar-refractivity contribution in [3.05, 3.63) is 54.1 Å². The Morgan fingerprint density at radius 2 is 1.59 bits per heavy atom. The molecule has 1 saturated heterocycles. The summed E-state index contributed by atoms with van der Waals surface area (Å²) in [6.45, 7) is 6.34. The second-order valence-corrected chi connectivity index (χ2v) is 10.2. The Morgan fingerprint density at radius 1 is 1.00 bits per heavy atom. The van der Waals surface area contributed by atoms with Crippen molar-refractivity contribution in [1.82, 2.24) is 9.80 Å². The van der Waals surface area contributed by atoms with Crippen LogP contribution in [0.1, 0.15) is 37.0 Å². The van der Waals surface area contributed by atoms with Crippen molar-refractivity contribution < 1.29 is 22.7 Å². The number of amides is 2. The highest BCUT2D eigenvalue weighted by atomic mass is 32.2. The van der Waals surface area contributed by atoms with Crippen LogP contribution in [0.5, 0.6) is 5.75 Å². The van der Waals surface area contributed by atoms with E-state index in [4.69, 9.17) is 4.74 Å². The van der Waals surface area contributed by atoms with Gasteiger partial charge in [-0.3, -0.25) is 13.9 Å². The summed E-state index contributed by atoms with van der Waals surface area (Å²) in [5.74, 6) is 0.395. The van der Waals surface area contributed by atoms with Gasteiger partial charge in [-0.25, -0.2) is 8.42 Å². The van der Waals surface area contributed by atoms with E-state index >= 15 is 0 Å². The fourth-order valence-electron chi connectivity index (χ4n) is 4.25. The highest BCUT2D eigenvalue weighted by Gasteiger charge is 2.30. The molecule has 8 nitrogen and oxygen atoms in total. The van der Waals surface area contributed by atoms with E-state index < -0.39 is 10.0 Å². The highest BCUT2D eigenvalue weighted by molar-refractivity contribution is 7.92. The number of nitrogens with zero attached hydrogens (tertiary/aromatic N) is 3. The summed E-state index contributed by atoms with van der Waals surface area (Å²) in [6, 6.07) is 12.9. The lowest BCUT2D eigenvalue weighted by Gasteiger charge is -2.33. The zero-order chi connectivity index (χ0) is 24.9. The van der Waals surface area contributed by atoms with Crippen molar-refractivity contribution in [3.8, 4) is 5.75 Å². The van der Waals surface area contributed by atoms with Gasteiger partial charge in [-0.05, 0) is 63.1 Å². The van der Waals surface area contributed by atoms with Crippen molar-refractivity contribution in [1.29, 1.82) is 0 Å². The van der Waals surface area contributed by atoms with E-state index in [0.29, 0.717) is 56.0 Å². The third-order valence-electron chi connectivity index (χ3n) is 6.39. The molecule has 0 aliphatic carbocycles. The zero-order valence-electron chi connectivity index (χ0n) is 20.2. The molecule has 1 aliphatic rings. The Bertz CT molecular complexity index is 1110. The summed E-state index contributed by atoms with van der Waals surface area (Å²) >= 11 is 0. The van der Waals surface area contributed by atoms with E-state index in [1.165, 1.54) is 30.6 Å². The minimum atomic E-state index is -3.84. The van der Waals surface area contributed by atoms with Gasteiger partial charge in [0.15, 0.2) is 0 Å². The molecule has 0 bridgehead atoms. The molecule has 1 aliphatic heterocycles. The Kier molecular flexibility index (Phi) is 8.19. The Hall–Kier alpha value is -3.07. The van der Waals surface area contributed by atoms with E-state index in [0.717, 1.165) is 0 Å². The maximum Gasteiger partial charge on any atom is 0.264 e. The number of likely N-dealkylation sites (tertiary alicyclic amines) is 1. The van der Waals surface area contributed by atoms with Gasteiger partial charge in [-0.15, -0.1) is 0 Å². The van der Waals surface area contributed by atoms with Crippen LogP contribution in [0.2, 0.25) is 0 Å². The molecule has 0 aromatic heterocycles. The lowest BCUT2D eigenvalue weighted by molar-refractivity contribution is -0.136. The van der Waals surface area contributed by atoms with Crippen LogP contribution < -0.4 is 9.04 Å². The predicted octanol–water partition coefficient (Wildman–Crippen LogP) is 3.24. The standard InChI is InChI=1S/C25H33N3O5S/c1-5-27(6-2)24(29)20-15-17-28(18-16-20)25(30)19-11-13-21(14-12-19)34(31,32)26(3)22-9-7-8-10-23(22)33-4/h7-14,20H,5-6,15-18H2,1-4H3. The number of hydrogen-bond donors (Lipinski definition) is 0. The number of para-hydroxylation sites is 2. The van der Waals surface area contributed by atoms with Crippen molar-refractivity contribution in [3.63, 3.8) is 0 Å². The van der Waals surface area contributed by atoms with Gasteiger partial charge in [-0.1, -0.05) is 12.1 Å². The monoisotopic (exact) mass is 487 g/mol. The first kappa shape index (κ1) is 25.6. The fraction of sp³-hybridized carbons (Fsp3) is 0.440. The van der Waals surface area contributed by atoms with Gasteiger partial charge in [0, 0.05) is 44.7 Å². The van der Waals surface area contributed by atoms with Crippen LogP contribution in [-0.4, -0.2) is 70.4 Å². The van der Waals surface area contributed by atoms with Gasteiger partial charge < -0.3 is 14.5 Å². The van der Waals surface area contributed by atoms with Gasteiger partial charge in [0.25, 0.3) is 15.9 Å². The molecule has 2 amide bonds. The van der Waals surface area contributed by atoms with Crippen LogP contribution in [-0.2, 0) is 14.8 Å². The van der Waals surface area contributed by atoms with Crippen LogP contribution in [0.25, 0.3) is 0 Å². The molecule has 1 fully saturated rings. The SMILES string of the molecule is CCN(CC)C(=O)C1CCN(C(=O)c2ccc(S(=O)(=O)N(C)c3ccccc3OC)cc2)CC1. The van der Waals surface area contributed by atoms with Crippen molar-refractivity contribution in [2.24, 2.45) is 5.92 Å². The third-order valence-corrected chi connectivity index (χ3v) is 8.18. The molecule has 2 aromatic rings. The van der Waals surface area contributed by atoms with Gasteiger partial charge in [-0.2, -0.15) is 0 Å². The van der Waals surface area contributed by atoms with Crippen molar-refractivity contribution in [2.75, 3.05) is 44.6 Å². The summed E-state index contributed by atoms with van der Waals surface area (Å²) in [5.41, 5.74) is 0.847. The van der Waals surface area contributed by atoms with Crippen LogP contribution in [0.15, 0.2) is 53.4 Å². The third kappa shape index (κ3) is 5.19. The number of ether oxygens (including phenoxy) is 1. The Labute approximate surface area is 202 Å². The molecule has 9 heteroatoms. The maximum atomic E-state index is 13.1. The maximum absolute atomic E-state index is 13.1. The Balaban J connectivity index is 1.68. The molecule has 1 heterocycles. The minimum Gasteiger partial charge on any atom is -0.495 e. The molecule has 0 radical (unpaired) electrons. The smallest absolute Gasteiger partial charge is 0.264 e. The van der Waals surface area contributed by atoms with Crippen molar-refractivity contribution >= 4 is 27.5 Å². The molecule has 0 unspecified atom stereocenters. The molecule has 0 saturated carbocycles. The number of carbonyl (C=O) groups excluding carboxylic acids is 2. The first-order valence-electron chi connectivity index (χ1n) is 11.5. The Morgan fingerprint density at radius 3 is 2.15 bits per heavy atom. The van der Waals surface area contributed by atoms with Gasteiger partial charge >= 0.3 is 0 Å². The predicted molar refractivity (Wildman–Crippen MR) is 132 cm³/mol. The number of carbonyl (C=O) groups is 2. The number of rotatable bonds is 8. The second kappa shape index (κ2) is 10.9. The van der Waals surface area contributed by atoms with E-state index in [9.17, 15) is 18.0 Å². The molecule has 0 N–H and O–H groups in total. The average molecular weight is 488 g/mol. The van der Waals surface area contributed by atoms with Crippen molar-refractivity contribution in [2.45, 2.75) is 31.6 Å². The lowest BCUT2D eigenvalue weighted by atomic mass is 9.94. The number of sulfonamides is 1. The topological polar surface area (TPSA) is 87.2 Å². The summed E-state index contributed by atoms with van der Waals surface area (Å²) in [6.07, 6.45) is 1.27. The van der Waals surface area contributed by atoms with Crippen LogP contribution in [0.4, 0.5) is 5.69 Å². The second-order valence-electron chi connectivity index (χ2n) is 8.25. The summed E-state index contributed by atoms with van der Waals surface area (Å²) in [7, 11) is -0.880. The number of benzene rings is 2. The van der Waals surface area contributed by atoms with Crippen LogP contribution in [0, 0.1) is 5.92 Å².